The fourth-order valence-electron chi connectivity index (χ4n) is 1.35. The summed E-state index contributed by atoms with van der Waals surface area (Å²) in [5.74, 6) is 0.837. The summed E-state index contributed by atoms with van der Waals surface area (Å²) in [7, 11) is 4.03. The topological polar surface area (TPSA) is 67.1 Å². The molecule has 3 N–H and O–H groups in total. The van der Waals surface area contributed by atoms with E-state index >= 15 is 0 Å². The molecule has 6 heteroatoms. The van der Waals surface area contributed by atoms with Gasteiger partial charge in [-0.15, -0.1) is 0 Å². The van der Waals surface area contributed by atoms with Crippen LogP contribution in [0.4, 0.5) is 11.8 Å². The Morgan fingerprint density at radius 3 is 2.73 bits per heavy atom. The first-order valence-corrected chi connectivity index (χ1v) is 5.06. The van der Waals surface area contributed by atoms with Crippen LogP contribution in [0, 0.1) is 0 Å². The second-order valence-electron chi connectivity index (χ2n) is 3.74. The molecule has 0 saturated heterocycles. The van der Waals surface area contributed by atoms with E-state index in [1.807, 2.05) is 14.1 Å². The molecule has 0 amide bonds. The predicted molar refractivity (Wildman–Crippen MR) is 63.1 cm³/mol. The Hall–Kier alpha value is -1.07. The summed E-state index contributed by atoms with van der Waals surface area (Å²) in [6.45, 7) is 2.97. The van der Waals surface area contributed by atoms with Crippen LogP contribution in [0.3, 0.4) is 0 Å². The van der Waals surface area contributed by atoms with Crippen molar-refractivity contribution in [3.8, 4) is 0 Å². The fraction of sp³-hybridized carbons (Fsp3) is 0.556. The number of nitrogen functional groups attached to an aromatic ring is 1. The molecule has 0 saturated carbocycles. The van der Waals surface area contributed by atoms with Gasteiger partial charge in [0, 0.05) is 18.7 Å². The highest BCUT2D eigenvalue weighted by atomic mass is 35.5. The number of hydrogen-bond acceptors (Lipinski definition) is 5. The smallest absolute Gasteiger partial charge is 0.223 e. The maximum absolute atomic E-state index is 5.76. The quantitative estimate of drug-likeness (QED) is 0.757. The molecule has 0 aromatic carbocycles. The van der Waals surface area contributed by atoms with Crippen LogP contribution in [-0.4, -0.2) is 41.5 Å². The lowest BCUT2D eigenvalue weighted by Gasteiger charge is -2.18. The third-order valence-corrected chi connectivity index (χ3v) is 1.94. The second-order valence-corrected chi connectivity index (χ2v) is 4.13. The number of anilines is 2. The van der Waals surface area contributed by atoms with Crippen LogP contribution in [0.1, 0.15) is 6.92 Å². The molecule has 1 rings (SSSR count). The minimum atomic E-state index is 0.182. The highest BCUT2D eigenvalue weighted by Crippen LogP contribution is 2.13. The van der Waals surface area contributed by atoms with Gasteiger partial charge >= 0.3 is 0 Å². The van der Waals surface area contributed by atoms with Crippen molar-refractivity contribution in [1.82, 2.24) is 14.9 Å². The molecular formula is C9H16ClN5. The number of nitrogens with two attached hydrogens (primary N) is 1. The standard InChI is InChI=1S/C9H16ClN5/c1-6(5-15(2)3)12-8-4-7(10)13-9(11)14-8/h4,6H,5H2,1-3H3,(H3,11,12,13,14). The zero-order valence-electron chi connectivity index (χ0n) is 9.16. The summed E-state index contributed by atoms with van der Waals surface area (Å²) in [6, 6.07) is 1.93. The summed E-state index contributed by atoms with van der Waals surface area (Å²) >= 11 is 5.76. The van der Waals surface area contributed by atoms with E-state index in [2.05, 4.69) is 27.1 Å². The van der Waals surface area contributed by atoms with Gasteiger partial charge in [0.05, 0.1) is 0 Å². The van der Waals surface area contributed by atoms with Gasteiger partial charge in [0.15, 0.2) is 0 Å². The van der Waals surface area contributed by atoms with Crippen LogP contribution in [0.2, 0.25) is 5.15 Å². The number of hydrogen-bond donors (Lipinski definition) is 2. The molecular weight excluding hydrogens is 214 g/mol. The summed E-state index contributed by atoms with van der Waals surface area (Å²) in [6.07, 6.45) is 0. The Bertz CT molecular complexity index is 308. The van der Waals surface area contributed by atoms with Gasteiger partial charge < -0.3 is 16.0 Å². The van der Waals surface area contributed by atoms with E-state index in [4.69, 9.17) is 17.3 Å². The van der Waals surface area contributed by atoms with Crippen LogP contribution in [0.15, 0.2) is 6.07 Å². The van der Waals surface area contributed by atoms with Gasteiger partial charge in [-0.25, -0.2) is 4.98 Å². The van der Waals surface area contributed by atoms with E-state index in [-0.39, 0.29) is 12.0 Å². The first kappa shape index (κ1) is 12.0. The molecule has 0 aliphatic rings. The molecule has 84 valence electrons. The van der Waals surface area contributed by atoms with Crippen LogP contribution < -0.4 is 11.1 Å². The molecule has 0 bridgehead atoms. The number of aromatic nitrogens is 2. The van der Waals surface area contributed by atoms with Crippen molar-refractivity contribution in [2.75, 3.05) is 31.7 Å². The largest absolute Gasteiger partial charge is 0.368 e. The van der Waals surface area contributed by atoms with Crippen LogP contribution in [0.25, 0.3) is 0 Å². The lowest BCUT2D eigenvalue weighted by molar-refractivity contribution is 0.392. The molecule has 0 fully saturated rings. The molecule has 1 atom stereocenters. The fourth-order valence-corrected chi connectivity index (χ4v) is 1.54. The number of likely N-dealkylation sites (N-methyl/N-ethyl adjacent to an activating group) is 1. The first-order valence-electron chi connectivity index (χ1n) is 4.68. The zero-order valence-corrected chi connectivity index (χ0v) is 9.91. The Kier molecular flexibility index (Phi) is 4.11. The average Bonchev–Trinajstić information content (AvgIpc) is 1.98. The maximum atomic E-state index is 5.76. The molecule has 0 spiro atoms. The lowest BCUT2D eigenvalue weighted by Crippen LogP contribution is -2.30. The minimum Gasteiger partial charge on any atom is -0.368 e. The molecule has 0 aliphatic carbocycles. The van der Waals surface area contributed by atoms with E-state index in [0.29, 0.717) is 11.0 Å². The van der Waals surface area contributed by atoms with Gasteiger partial charge in [-0.2, -0.15) is 4.98 Å². The van der Waals surface area contributed by atoms with Crippen LogP contribution >= 0.6 is 11.6 Å². The van der Waals surface area contributed by atoms with E-state index in [1.165, 1.54) is 0 Å². The third kappa shape index (κ3) is 4.31. The van der Waals surface area contributed by atoms with E-state index in [0.717, 1.165) is 6.54 Å². The third-order valence-electron chi connectivity index (χ3n) is 1.75. The average molecular weight is 230 g/mol. The SMILES string of the molecule is CC(CN(C)C)Nc1cc(Cl)nc(N)n1. The highest BCUT2D eigenvalue weighted by Gasteiger charge is 2.06. The summed E-state index contributed by atoms with van der Waals surface area (Å²) in [5, 5.41) is 3.55. The minimum absolute atomic E-state index is 0.182. The molecule has 1 unspecified atom stereocenters. The summed E-state index contributed by atoms with van der Waals surface area (Å²) in [4.78, 5) is 9.91. The number of halogens is 1. The van der Waals surface area contributed by atoms with E-state index in [1.54, 1.807) is 6.07 Å². The van der Waals surface area contributed by atoms with Crippen molar-refractivity contribution in [2.24, 2.45) is 0 Å². The number of nitrogens with one attached hydrogen (secondary N) is 1. The Labute approximate surface area is 94.6 Å². The predicted octanol–water partition coefficient (Wildman–Crippen LogP) is 1.07. The first-order chi connectivity index (χ1) is 6.97. The Balaban J connectivity index is 2.63. The molecule has 1 aromatic rings. The molecule has 0 aliphatic heterocycles. The Morgan fingerprint density at radius 2 is 2.20 bits per heavy atom. The summed E-state index contributed by atoms with van der Waals surface area (Å²) < 4.78 is 0. The van der Waals surface area contributed by atoms with Crippen LogP contribution in [-0.2, 0) is 0 Å². The molecule has 0 radical (unpaired) electrons. The van der Waals surface area contributed by atoms with Gasteiger partial charge in [-0.3, -0.25) is 0 Å². The van der Waals surface area contributed by atoms with E-state index < -0.39 is 0 Å². The van der Waals surface area contributed by atoms with Crippen molar-refractivity contribution in [2.45, 2.75) is 13.0 Å². The van der Waals surface area contributed by atoms with Crippen molar-refractivity contribution < 1.29 is 0 Å². The van der Waals surface area contributed by atoms with Crippen molar-refractivity contribution in [1.29, 1.82) is 0 Å². The van der Waals surface area contributed by atoms with Crippen LogP contribution in [0.5, 0.6) is 0 Å². The van der Waals surface area contributed by atoms with Crippen molar-refractivity contribution >= 4 is 23.4 Å². The molecule has 15 heavy (non-hydrogen) atoms. The zero-order chi connectivity index (χ0) is 11.4. The van der Waals surface area contributed by atoms with Crippen molar-refractivity contribution in [3.63, 3.8) is 0 Å². The number of rotatable bonds is 4. The lowest BCUT2D eigenvalue weighted by atomic mass is 10.3. The second kappa shape index (κ2) is 5.14. The normalized spacial score (nSPS) is 12.9. The summed E-state index contributed by atoms with van der Waals surface area (Å²) in [5.41, 5.74) is 5.48. The molecule has 1 aromatic heterocycles. The van der Waals surface area contributed by atoms with Gasteiger partial charge in [0.25, 0.3) is 0 Å². The number of nitrogens with zero attached hydrogens (tertiary/aromatic N) is 3. The maximum Gasteiger partial charge on any atom is 0.223 e. The molecule has 5 nitrogen and oxygen atoms in total. The van der Waals surface area contributed by atoms with Gasteiger partial charge in [0.1, 0.15) is 11.0 Å². The Morgan fingerprint density at radius 1 is 1.53 bits per heavy atom. The van der Waals surface area contributed by atoms with Gasteiger partial charge in [-0.1, -0.05) is 11.6 Å². The van der Waals surface area contributed by atoms with Gasteiger partial charge in [-0.05, 0) is 21.0 Å². The monoisotopic (exact) mass is 229 g/mol. The highest BCUT2D eigenvalue weighted by molar-refractivity contribution is 6.29. The molecule has 1 heterocycles. The van der Waals surface area contributed by atoms with E-state index in [9.17, 15) is 0 Å². The van der Waals surface area contributed by atoms with Crippen molar-refractivity contribution in [3.05, 3.63) is 11.2 Å². The van der Waals surface area contributed by atoms with Gasteiger partial charge in [0.2, 0.25) is 5.95 Å².